The second-order valence-electron chi connectivity index (χ2n) is 10.1. The van der Waals surface area contributed by atoms with Crippen LogP contribution in [0.2, 0.25) is 0 Å². The number of thioether (sulfide) groups is 1. The van der Waals surface area contributed by atoms with Gasteiger partial charge in [-0.15, -0.1) is 5.10 Å². The quantitative estimate of drug-likeness (QED) is 0.285. The minimum atomic E-state index is -0.376. The van der Waals surface area contributed by atoms with Crippen LogP contribution in [-0.4, -0.2) is 26.4 Å². The van der Waals surface area contributed by atoms with Crippen LogP contribution in [0.3, 0.4) is 0 Å². The summed E-state index contributed by atoms with van der Waals surface area (Å²) >= 11 is 1.65. The number of nitrogens with zero attached hydrogens (tertiary/aromatic N) is 3. The monoisotopic (exact) mass is 489 g/mol. The minimum absolute atomic E-state index is 0.0472. The van der Waals surface area contributed by atoms with E-state index in [-0.39, 0.29) is 17.4 Å². The molecule has 0 radical (unpaired) electrons. The standard InChI is InChI=1S/C28H35N5OS/c1-7-8-17-35-27-31-26-29-19(3)23(25(34)30-22-15-9-18(2)10-16-22)24(33(26)32-27)20-11-13-21(14-12-20)28(4,5)6/h9-16,24H,7-8,17H2,1-6H3,(H,30,34)(H,29,31,32). The first-order valence-corrected chi connectivity index (χ1v) is 13.2. The molecule has 6 nitrogen and oxygen atoms in total. The Hall–Kier alpha value is -3.06. The molecule has 0 fully saturated rings. The molecule has 0 spiro atoms. The van der Waals surface area contributed by atoms with Gasteiger partial charge >= 0.3 is 0 Å². The number of fused-ring (bicyclic) bond motifs is 1. The number of carbonyl (C=O) groups excluding carboxylic acids is 1. The molecule has 2 heterocycles. The maximum absolute atomic E-state index is 13.6. The molecular weight excluding hydrogens is 454 g/mol. The zero-order chi connectivity index (χ0) is 25.2. The lowest BCUT2D eigenvalue weighted by Crippen LogP contribution is -2.31. The summed E-state index contributed by atoms with van der Waals surface area (Å²) in [6.45, 7) is 12.7. The highest BCUT2D eigenvalue weighted by Gasteiger charge is 2.34. The average Bonchev–Trinajstić information content (AvgIpc) is 3.21. The smallest absolute Gasteiger partial charge is 0.255 e. The van der Waals surface area contributed by atoms with E-state index in [1.165, 1.54) is 5.56 Å². The maximum Gasteiger partial charge on any atom is 0.255 e. The fourth-order valence-electron chi connectivity index (χ4n) is 4.10. The molecule has 0 saturated heterocycles. The summed E-state index contributed by atoms with van der Waals surface area (Å²) in [6, 6.07) is 16.0. The number of benzene rings is 2. The molecule has 3 aromatic rings. The lowest BCUT2D eigenvalue weighted by molar-refractivity contribution is -0.113. The number of amides is 1. The molecule has 1 amide bonds. The number of aryl methyl sites for hydroxylation is 1. The third kappa shape index (κ3) is 5.61. The van der Waals surface area contributed by atoms with Gasteiger partial charge in [0.15, 0.2) is 0 Å². The molecule has 1 atom stereocenters. The molecule has 184 valence electrons. The van der Waals surface area contributed by atoms with Crippen LogP contribution >= 0.6 is 11.8 Å². The van der Waals surface area contributed by atoms with E-state index in [1.807, 2.05) is 42.8 Å². The SMILES string of the molecule is CCCCSc1nc2n(n1)C(c1ccc(C(C)(C)C)cc1)C(C(=O)Nc1ccc(C)cc1)=C(C)N2. The summed E-state index contributed by atoms with van der Waals surface area (Å²) < 4.78 is 1.86. The summed E-state index contributed by atoms with van der Waals surface area (Å²) in [5.74, 6) is 1.49. The van der Waals surface area contributed by atoms with Crippen LogP contribution in [0.15, 0.2) is 65.0 Å². The number of aromatic nitrogens is 3. The number of carbonyl (C=O) groups is 1. The Morgan fingerprint density at radius 2 is 1.77 bits per heavy atom. The van der Waals surface area contributed by atoms with Crippen LogP contribution < -0.4 is 10.6 Å². The van der Waals surface area contributed by atoms with E-state index in [0.29, 0.717) is 11.5 Å². The highest BCUT2D eigenvalue weighted by Crippen LogP contribution is 2.37. The lowest BCUT2D eigenvalue weighted by Gasteiger charge is -2.29. The van der Waals surface area contributed by atoms with Gasteiger partial charge in [0.2, 0.25) is 11.1 Å². The molecule has 0 saturated carbocycles. The molecule has 0 bridgehead atoms. The summed E-state index contributed by atoms with van der Waals surface area (Å²) in [6.07, 6.45) is 2.24. The molecule has 7 heteroatoms. The van der Waals surface area contributed by atoms with E-state index >= 15 is 0 Å². The number of anilines is 2. The maximum atomic E-state index is 13.6. The van der Waals surface area contributed by atoms with Gasteiger partial charge < -0.3 is 10.6 Å². The number of allylic oxidation sites excluding steroid dienone is 1. The third-order valence-corrected chi connectivity index (χ3v) is 7.13. The molecule has 0 aliphatic carbocycles. The lowest BCUT2D eigenvalue weighted by atomic mass is 9.85. The Kier molecular flexibility index (Phi) is 7.36. The van der Waals surface area contributed by atoms with Gasteiger partial charge in [0.05, 0.1) is 5.57 Å². The molecule has 1 aliphatic heterocycles. The van der Waals surface area contributed by atoms with E-state index in [4.69, 9.17) is 10.1 Å². The minimum Gasteiger partial charge on any atom is -0.328 e. The number of unbranched alkanes of at least 4 members (excludes halogenated alkanes) is 1. The zero-order valence-electron chi connectivity index (χ0n) is 21.5. The van der Waals surface area contributed by atoms with Gasteiger partial charge in [-0.3, -0.25) is 4.79 Å². The van der Waals surface area contributed by atoms with Crippen LogP contribution in [0.25, 0.3) is 0 Å². The summed E-state index contributed by atoms with van der Waals surface area (Å²) in [5, 5.41) is 12.0. The van der Waals surface area contributed by atoms with Crippen molar-refractivity contribution in [3.05, 3.63) is 76.5 Å². The molecular formula is C28H35N5OS. The van der Waals surface area contributed by atoms with Gasteiger partial charge in [-0.2, -0.15) is 4.98 Å². The number of hydrogen-bond acceptors (Lipinski definition) is 5. The van der Waals surface area contributed by atoms with E-state index in [9.17, 15) is 4.79 Å². The van der Waals surface area contributed by atoms with Crippen LogP contribution in [0, 0.1) is 6.92 Å². The van der Waals surface area contributed by atoms with Gasteiger partial charge in [-0.1, -0.05) is 87.8 Å². The van der Waals surface area contributed by atoms with Gasteiger partial charge in [-0.25, -0.2) is 4.68 Å². The van der Waals surface area contributed by atoms with Crippen molar-refractivity contribution in [2.24, 2.45) is 0 Å². The van der Waals surface area contributed by atoms with Crippen molar-refractivity contribution in [1.29, 1.82) is 0 Å². The second-order valence-corrected chi connectivity index (χ2v) is 11.2. The van der Waals surface area contributed by atoms with E-state index < -0.39 is 0 Å². The van der Waals surface area contributed by atoms with E-state index in [2.05, 4.69) is 62.6 Å². The Morgan fingerprint density at radius 1 is 1.09 bits per heavy atom. The molecule has 1 aromatic heterocycles. The molecule has 1 unspecified atom stereocenters. The third-order valence-electron chi connectivity index (χ3n) is 6.21. The van der Waals surface area contributed by atoms with Gasteiger partial charge in [0.1, 0.15) is 6.04 Å². The first kappa shape index (κ1) is 25.0. The number of rotatable bonds is 7. The number of nitrogens with one attached hydrogen (secondary N) is 2. The van der Waals surface area contributed by atoms with Crippen LogP contribution in [0.4, 0.5) is 11.6 Å². The normalized spacial score (nSPS) is 15.5. The molecule has 35 heavy (non-hydrogen) atoms. The molecule has 2 N–H and O–H groups in total. The Bertz CT molecular complexity index is 1220. The van der Waals surface area contributed by atoms with Crippen molar-refractivity contribution >= 4 is 29.3 Å². The topological polar surface area (TPSA) is 71.8 Å². The number of hydrogen-bond donors (Lipinski definition) is 2. The van der Waals surface area contributed by atoms with Gasteiger partial charge in [-0.05, 0) is 48.9 Å². The van der Waals surface area contributed by atoms with Gasteiger partial charge in [0, 0.05) is 17.1 Å². The highest BCUT2D eigenvalue weighted by atomic mass is 32.2. The average molecular weight is 490 g/mol. The van der Waals surface area contributed by atoms with Crippen molar-refractivity contribution in [3.63, 3.8) is 0 Å². The second kappa shape index (κ2) is 10.3. The summed E-state index contributed by atoms with van der Waals surface area (Å²) in [4.78, 5) is 18.4. The molecule has 1 aliphatic rings. The van der Waals surface area contributed by atoms with Crippen molar-refractivity contribution in [2.75, 3.05) is 16.4 Å². The summed E-state index contributed by atoms with van der Waals surface area (Å²) in [7, 11) is 0. The van der Waals surface area contributed by atoms with Crippen LogP contribution in [0.1, 0.15) is 70.2 Å². The first-order chi connectivity index (χ1) is 16.7. The zero-order valence-corrected chi connectivity index (χ0v) is 22.3. The Morgan fingerprint density at radius 3 is 2.40 bits per heavy atom. The molecule has 2 aromatic carbocycles. The van der Waals surface area contributed by atoms with Gasteiger partial charge in [0.25, 0.3) is 5.91 Å². The largest absolute Gasteiger partial charge is 0.328 e. The van der Waals surface area contributed by atoms with Crippen molar-refractivity contribution in [1.82, 2.24) is 14.8 Å². The Labute approximate surface area is 212 Å². The highest BCUT2D eigenvalue weighted by molar-refractivity contribution is 7.99. The summed E-state index contributed by atoms with van der Waals surface area (Å²) in [5.41, 5.74) is 5.63. The Balaban J connectivity index is 1.73. The van der Waals surface area contributed by atoms with Crippen molar-refractivity contribution in [2.45, 2.75) is 71.0 Å². The van der Waals surface area contributed by atoms with Crippen LogP contribution in [-0.2, 0) is 10.2 Å². The van der Waals surface area contributed by atoms with Crippen LogP contribution in [0.5, 0.6) is 0 Å². The molecule has 4 rings (SSSR count). The van der Waals surface area contributed by atoms with E-state index in [1.54, 1.807) is 11.8 Å². The predicted octanol–water partition coefficient (Wildman–Crippen LogP) is 6.70. The first-order valence-electron chi connectivity index (χ1n) is 12.2. The van der Waals surface area contributed by atoms with Crippen molar-refractivity contribution < 1.29 is 4.79 Å². The fourth-order valence-corrected chi connectivity index (χ4v) is 5.02. The predicted molar refractivity (Wildman–Crippen MR) is 145 cm³/mol. The fraction of sp³-hybridized carbons (Fsp3) is 0.393. The van der Waals surface area contributed by atoms with Crippen molar-refractivity contribution in [3.8, 4) is 0 Å². The van der Waals surface area contributed by atoms with E-state index in [0.717, 1.165) is 46.3 Å².